The number of rotatable bonds is 3. The molecule has 0 aliphatic carbocycles. The summed E-state index contributed by atoms with van der Waals surface area (Å²) in [5.41, 5.74) is 1.09. The number of hydrogen-bond acceptors (Lipinski definition) is 5. The highest BCUT2D eigenvalue weighted by molar-refractivity contribution is 6.10. The number of carbonyl (C=O) groups excluding carboxylic acids is 2. The van der Waals surface area contributed by atoms with Gasteiger partial charge in [-0.2, -0.15) is 0 Å². The molecule has 3 aromatic rings. The first-order valence-corrected chi connectivity index (χ1v) is 7.89. The van der Waals surface area contributed by atoms with Crippen LogP contribution in [0.15, 0.2) is 34.7 Å². The van der Waals surface area contributed by atoms with Crippen molar-refractivity contribution in [2.24, 2.45) is 0 Å². The Bertz CT molecular complexity index is 1070. The lowest BCUT2D eigenvalue weighted by Gasteiger charge is -2.10. The van der Waals surface area contributed by atoms with Crippen LogP contribution in [0.3, 0.4) is 0 Å². The Hall–Kier alpha value is -3.35. The van der Waals surface area contributed by atoms with Gasteiger partial charge in [-0.3, -0.25) is 9.59 Å². The van der Waals surface area contributed by atoms with Gasteiger partial charge in [-0.25, -0.2) is 4.39 Å². The number of benzene rings is 2. The molecule has 26 heavy (non-hydrogen) atoms. The maximum absolute atomic E-state index is 13.9. The molecule has 0 spiro atoms. The molecule has 0 saturated carbocycles. The highest BCUT2D eigenvalue weighted by Crippen LogP contribution is 2.37. The van der Waals surface area contributed by atoms with Crippen LogP contribution in [0, 0.1) is 12.7 Å². The van der Waals surface area contributed by atoms with Gasteiger partial charge in [0.05, 0.1) is 5.69 Å². The average Bonchev–Trinajstić information content (AvgIpc) is 3.19. The molecule has 0 radical (unpaired) electrons. The minimum absolute atomic E-state index is 0.0164. The smallest absolute Gasteiger partial charge is 0.291 e. The van der Waals surface area contributed by atoms with Crippen LogP contribution < -0.4 is 14.8 Å². The fraction of sp³-hybridized carbons (Fsp3) is 0.158. The first-order valence-electron chi connectivity index (χ1n) is 7.89. The molecule has 0 saturated heterocycles. The van der Waals surface area contributed by atoms with E-state index < -0.39 is 11.7 Å². The largest absolute Gasteiger partial charge is 0.454 e. The van der Waals surface area contributed by atoms with Crippen LogP contribution in [0.1, 0.15) is 33.4 Å². The normalized spacial score (nSPS) is 12.4. The molecule has 4 rings (SSSR count). The van der Waals surface area contributed by atoms with Crippen LogP contribution in [0.4, 0.5) is 10.1 Å². The predicted molar refractivity (Wildman–Crippen MR) is 91.4 cm³/mol. The Kier molecular flexibility index (Phi) is 3.64. The van der Waals surface area contributed by atoms with Crippen LogP contribution in [-0.2, 0) is 0 Å². The van der Waals surface area contributed by atoms with E-state index in [4.69, 9.17) is 13.9 Å². The van der Waals surface area contributed by atoms with Gasteiger partial charge in [-0.1, -0.05) is 12.1 Å². The van der Waals surface area contributed by atoms with Gasteiger partial charge >= 0.3 is 0 Å². The lowest BCUT2D eigenvalue weighted by atomic mass is 10.1. The zero-order valence-corrected chi connectivity index (χ0v) is 14.0. The summed E-state index contributed by atoms with van der Waals surface area (Å²) in [7, 11) is 0. The van der Waals surface area contributed by atoms with Crippen molar-refractivity contribution in [3.05, 3.63) is 53.0 Å². The highest BCUT2D eigenvalue weighted by Gasteiger charge is 2.24. The molecule has 1 aliphatic rings. The fourth-order valence-corrected chi connectivity index (χ4v) is 2.94. The standard InChI is InChI=1S/C19H14FNO5/c1-9-11-4-3-5-13(20)18(11)26-17(9)19(23)21-14-7-16-15(24-8-25-16)6-12(14)10(2)22/h3-7H,8H2,1-2H3,(H,21,23). The van der Waals surface area contributed by atoms with Crippen LogP contribution in [0.2, 0.25) is 0 Å². The van der Waals surface area contributed by atoms with E-state index in [1.54, 1.807) is 19.1 Å². The number of halogens is 1. The van der Waals surface area contributed by atoms with Crippen molar-refractivity contribution in [3.63, 3.8) is 0 Å². The van der Waals surface area contributed by atoms with Crippen molar-refractivity contribution in [3.8, 4) is 11.5 Å². The number of amides is 1. The molecule has 1 aromatic heterocycles. The second-order valence-electron chi connectivity index (χ2n) is 5.93. The number of hydrogen-bond donors (Lipinski definition) is 1. The minimum Gasteiger partial charge on any atom is -0.454 e. The number of carbonyl (C=O) groups is 2. The molecule has 1 aliphatic heterocycles. The van der Waals surface area contributed by atoms with Crippen molar-refractivity contribution in [1.29, 1.82) is 0 Å². The molecule has 2 heterocycles. The third-order valence-corrected chi connectivity index (χ3v) is 4.26. The monoisotopic (exact) mass is 355 g/mol. The van der Waals surface area contributed by atoms with Crippen LogP contribution >= 0.6 is 0 Å². The molecule has 2 aromatic carbocycles. The van der Waals surface area contributed by atoms with Crippen LogP contribution in [0.5, 0.6) is 11.5 Å². The Morgan fingerprint density at radius 3 is 2.58 bits per heavy atom. The molecule has 7 heteroatoms. The van der Waals surface area contributed by atoms with E-state index >= 15 is 0 Å². The topological polar surface area (TPSA) is 77.8 Å². The van der Waals surface area contributed by atoms with Gasteiger partial charge < -0.3 is 19.2 Å². The minimum atomic E-state index is -0.584. The number of ether oxygens (including phenoxy) is 2. The van der Waals surface area contributed by atoms with Crippen molar-refractivity contribution in [2.75, 3.05) is 12.1 Å². The summed E-state index contributed by atoms with van der Waals surface area (Å²) < 4.78 is 29.9. The number of aryl methyl sites for hydroxylation is 1. The van der Waals surface area contributed by atoms with Gasteiger partial charge in [0.15, 0.2) is 34.4 Å². The van der Waals surface area contributed by atoms with E-state index in [0.29, 0.717) is 22.4 Å². The summed E-state index contributed by atoms with van der Waals surface area (Å²) in [6, 6.07) is 7.53. The second-order valence-corrected chi connectivity index (χ2v) is 5.93. The first-order chi connectivity index (χ1) is 12.5. The van der Waals surface area contributed by atoms with Crippen molar-refractivity contribution in [1.82, 2.24) is 0 Å². The quantitative estimate of drug-likeness (QED) is 0.717. The maximum Gasteiger partial charge on any atom is 0.291 e. The van der Waals surface area contributed by atoms with Crippen molar-refractivity contribution >= 4 is 28.3 Å². The Labute approximate surface area is 147 Å². The molecule has 6 nitrogen and oxygen atoms in total. The van der Waals surface area contributed by atoms with E-state index in [1.165, 1.54) is 25.1 Å². The summed E-state index contributed by atoms with van der Waals surface area (Å²) in [6.45, 7) is 3.10. The lowest BCUT2D eigenvalue weighted by Crippen LogP contribution is -2.14. The number of ketones is 1. The zero-order chi connectivity index (χ0) is 18.4. The summed E-state index contributed by atoms with van der Waals surface area (Å²) in [5, 5.41) is 3.17. The molecular formula is C19H14FNO5. The number of furan rings is 1. The molecule has 0 atom stereocenters. The molecule has 1 amide bonds. The third kappa shape index (κ3) is 2.48. The number of anilines is 1. The molecule has 0 unspecified atom stereocenters. The fourth-order valence-electron chi connectivity index (χ4n) is 2.94. The van der Waals surface area contributed by atoms with Gasteiger partial charge in [0, 0.05) is 22.6 Å². The van der Waals surface area contributed by atoms with Gasteiger partial charge in [-0.05, 0) is 26.0 Å². The number of fused-ring (bicyclic) bond motifs is 2. The van der Waals surface area contributed by atoms with E-state index in [9.17, 15) is 14.0 Å². The Morgan fingerprint density at radius 1 is 1.15 bits per heavy atom. The van der Waals surface area contributed by atoms with Gasteiger partial charge in [0.25, 0.3) is 5.91 Å². The molecule has 1 N–H and O–H groups in total. The third-order valence-electron chi connectivity index (χ3n) is 4.26. The van der Waals surface area contributed by atoms with Crippen molar-refractivity contribution in [2.45, 2.75) is 13.8 Å². The highest BCUT2D eigenvalue weighted by atomic mass is 19.1. The SMILES string of the molecule is CC(=O)c1cc2c(cc1NC(=O)c1oc3c(F)cccc3c1C)OCO2. The molecular weight excluding hydrogens is 341 g/mol. The second kappa shape index (κ2) is 5.87. The zero-order valence-electron chi connectivity index (χ0n) is 14.0. The van der Waals surface area contributed by atoms with E-state index in [0.717, 1.165) is 0 Å². The molecule has 132 valence electrons. The van der Waals surface area contributed by atoms with E-state index in [-0.39, 0.29) is 35.2 Å². The number of para-hydroxylation sites is 1. The van der Waals surface area contributed by atoms with Gasteiger partial charge in [0.2, 0.25) is 6.79 Å². The molecule has 0 bridgehead atoms. The summed E-state index contributed by atoms with van der Waals surface area (Å²) in [5.74, 6) is -0.521. The van der Waals surface area contributed by atoms with E-state index in [2.05, 4.69) is 5.32 Å². The summed E-state index contributed by atoms with van der Waals surface area (Å²) in [4.78, 5) is 24.6. The first kappa shape index (κ1) is 16.1. The van der Waals surface area contributed by atoms with Crippen LogP contribution in [-0.4, -0.2) is 18.5 Å². The molecule has 0 fully saturated rings. The van der Waals surface area contributed by atoms with Gasteiger partial charge in [-0.15, -0.1) is 0 Å². The predicted octanol–water partition coefficient (Wildman–Crippen LogP) is 4.06. The van der Waals surface area contributed by atoms with Crippen molar-refractivity contribution < 1.29 is 27.9 Å². The number of Topliss-reactive ketones (excluding diaryl/α,β-unsaturated/α-hetero) is 1. The Balaban J connectivity index is 1.74. The van der Waals surface area contributed by atoms with E-state index in [1.807, 2.05) is 0 Å². The maximum atomic E-state index is 13.9. The number of nitrogens with one attached hydrogen (secondary N) is 1. The van der Waals surface area contributed by atoms with Gasteiger partial charge in [0.1, 0.15) is 0 Å². The van der Waals surface area contributed by atoms with Crippen LogP contribution in [0.25, 0.3) is 11.0 Å². The summed E-state index contributed by atoms with van der Waals surface area (Å²) >= 11 is 0. The Morgan fingerprint density at radius 2 is 1.88 bits per heavy atom. The lowest BCUT2D eigenvalue weighted by molar-refractivity contribution is 0.0997. The summed E-state index contributed by atoms with van der Waals surface area (Å²) in [6.07, 6.45) is 0. The average molecular weight is 355 g/mol.